The fourth-order valence-corrected chi connectivity index (χ4v) is 4.75. The first-order valence-electron chi connectivity index (χ1n) is 10.3. The highest BCUT2D eigenvalue weighted by molar-refractivity contribution is 7.92. The molecule has 3 aromatic rings. The Hall–Kier alpha value is -2.97. The molecule has 0 atom stereocenters. The molecule has 0 saturated carbocycles. The van der Waals surface area contributed by atoms with Crippen LogP contribution in [0.2, 0.25) is 0 Å². The van der Waals surface area contributed by atoms with Gasteiger partial charge in [0.05, 0.1) is 10.6 Å². The maximum Gasteiger partial charge on any atom is 0.261 e. The van der Waals surface area contributed by atoms with E-state index in [1.54, 1.807) is 18.5 Å². The predicted molar refractivity (Wildman–Crippen MR) is 120 cm³/mol. The summed E-state index contributed by atoms with van der Waals surface area (Å²) in [5, 5.41) is 3.60. The number of pyridine rings is 1. The second-order valence-electron chi connectivity index (χ2n) is 7.61. The van der Waals surface area contributed by atoms with Crippen molar-refractivity contribution < 1.29 is 12.8 Å². The summed E-state index contributed by atoms with van der Waals surface area (Å²) < 4.78 is 40.8. The van der Waals surface area contributed by atoms with Crippen LogP contribution in [0.3, 0.4) is 0 Å². The van der Waals surface area contributed by atoms with Crippen molar-refractivity contribution in [2.75, 3.05) is 22.7 Å². The monoisotopic (exact) mass is 440 g/mol. The Kier molecular flexibility index (Phi) is 6.48. The maximum atomic E-state index is 13.1. The number of rotatable bonds is 7. The highest BCUT2D eigenvalue weighted by atomic mass is 32.2. The lowest BCUT2D eigenvalue weighted by molar-refractivity contribution is 0.414. The van der Waals surface area contributed by atoms with Crippen molar-refractivity contribution in [1.82, 2.24) is 10.3 Å². The van der Waals surface area contributed by atoms with E-state index in [9.17, 15) is 12.8 Å². The molecule has 31 heavy (non-hydrogen) atoms. The molecule has 0 bridgehead atoms. The molecule has 1 saturated heterocycles. The van der Waals surface area contributed by atoms with Gasteiger partial charge in [-0.25, -0.2) is 12.8 Å². The van der Waals surface area contributed by atoms with Crippen LogP contribution < -0.4 is 14.9 Å². The summed E-state index contributed by atoms with van der Waals surface area (Å²) in [6.45, 7) is 2.61. The molecular weight excluding hydrogens is 415 g/mol. The Morgan fingerprint density at radius 1 is 1.00 bits per heavy atom. The van der Waals surface area contributed by atoms with Gasteiger partial charge in [-0.3, -0.25) is 9.71 Å². The van der Waals surface area contributed by atoms with E-state index in [0.717, 1.165) is 50.3 Å². The molecule has 1 aromatic heterocycles. The third kappa shape index (κ3) is 5.59. The lowest BCUT2D eigenvalue weighted by Crippen LogP contribution is -2.42. The third-order valence-electron chi connectivity index (χ3n) is 5.43. The van der Waals surface area contributed by atoms with Gasteiger partial charge in [0.2, 0.25) is 0 Å². The number of halogens is 1. The van der Waals surface area contributed by atoms with Crippen molar-refractivity contribution in [2.45, 2.75) is 30.3 Å². The van der Waals surface area contributed by atoms with Gasteiger partial charge < -0.3 is 10.2 Å². The highest BCUT2D eigenvalue weighted by Crippen LogP contribution is 2.25. The van der Waals surface area contributed by atoms with Crippen molar-refractivity contribution in [3.8, 4) is 0 Å². The zero-order chi connectivity index (χ0) is 21.7. The Bertz CT molecular complexity index is 1100. The number of anilines is 2. The minimum Gasteiger partial charge on any atom is -0.371 e. The lowest BCUT2D eigenvalue weighted by Gasteiger charge is -2.34. The van der Waals surface area contributed by atoms with E-state index < -0.39 is 15.8 Å². The zero-order valence-corrected chi connectivity index (χ0v) is 17.9. The first kappa shape index (κ1) is 21.3. The molecule has 162 valence electrons. The first-order chi connectivity index (χ1) is 15.0. The summed E-state index contributed by atoms with van der Waals surface area (Å²) in [6, 6.07) is 16.6. The summed E-state index contributed by atoms with van der Waals surface area (Å²) in [7, 11) is -3.77. The standard InChI is InChI=1S/C23H25FN4O2S/c24-19-4-6-23(7-5-19)31(29,30)27-21-2-1-3-22(16-21)28-14-10-20(11-15-28)26-17-18-8-12-25-13-9-18/h1-9,12-13,16,20,26-27H,10-11,14-15,17H2. The number of aromatic nitrogens is 1. The van der Waals surface area contributed by atoms with E-state index in [4.69, 9.17) is 0 Å². The topological polar surface area (TPSA) is 74.3 Å². The molecule has 8 heteroatoms. The largest absolute Gasteiger partial charge is 0.371 e. The molecular formula is C23H25FN4O2S. The molecule has 1 aliphatic heterocycles. The van der Waals surface area contributed by atoms with Crippen molar-refractivity contribution >= 4 is 21.4 Å². The van der Waals surface area contributed by atoms with Gasteiger partial charge >= 0.3 is 0 Å². The zero-order valence-electron chi connectivity index (χ0n) is 17.0. The van der Waals surface area contributed by atoms with Gasteiger partial charge in [0, 0.05) is 43.8 Å². The minimum absolute atomic E-state index is 0.0281. The Balaban J connectivity index is 1.35. The third-order valence-corrected chi connectivity index (χ3v) is 6.82. The van der Waals surface area contributed by atoms with Gasteiger partial charge in [-0.2, -0.15) is 0 Å². The molecule has 4 rings (SSSR count). The van der Waals surface area contributed by atoms with Crippen molar-refractivity contribution in [3.63, 3.8) is 0 Å². The second kappa shape index (κ2) is 9.45. The van der Waals surface area contributed by atoms with E-state index in [1.807, 2.05) is 30.3 Å². The Labute approximate surface area is 182 Å². The van der Waals surface area contributed by atoms with Gasteiger partial charge in [0.15, 0.2) is 0 Å². The molecule has 0 aliphatic carbocycles. The fourth-order valence-electron chi connectivity index (χ4n) is 3.70. The van der Waals surface area contributed by atoms with E-state index in [0.29, 0.717) is 11.7 Å². The minimum atomic E-state index is -3.77. The quantitative estimate of drug-likeness (QED) is 0.585. The maximum absolute atomic E-state index is 13.1. The van der Waals surface area contributed by atoms with Crippen LogP contribution in [0.1, 0.15) is 18.4 Å². The van der Waals surface area contributed by atoms with Crippen molar-refractivity contribution in [2.24, 2.45) is 0 Å². The summed E-state index contributed by atoms with van der Waals surface area (Å²) in [4.78, 5) is 6.33. The van der Waals surface area contributed by atoms with E-state index in [-0.39, 0.29) is 4.90 Å². The number of hydrogen-bond acceptors (Lipinski definition) is 5. The van der Waals surface area contributed by atoms with Crippen LogP contribution in [-0.2, 0) is 16.6 Å². The molecule has 0 radical (unpaired) electrons. The van der Waals surface area contributed by atoms with Crippen molar-refractivity contribution in [1.29, 1.82) is 0 Å². The summed E-state index contributed by atoms with van der Waals surface area (Å²) in [5.41, 5.74) is 2.69. The van der Waals surface area contributed by atoms with Crippen LogP contribution in [-0.4, -0.2) is 32.5 Å². The number of hydrogen-bond donors (Lipinski definition) is 2. The molecule has 0 spiro atoms. The molecule has 1 fully saturated rings. The number of nitrogens with one attached hydrogen (secondary N) is 2. The summed E-state index contributed by atoms with van der Waals surface area (Å²) >= 11 is 0. The van der Waals surface area contributed by atoms with Gasteiger partial charge in [-0.15, -0.1) is 0 Å². The van der Waals surface area contributed by atoms with Gasteiger partial charge in [0.1, 0.15) is 5.82 Å². The van der Waals surface area contributed by atoms with Gasteiger partial charge in [0.25, 0.3) is 10.0 Å². The van der Waals surface area contributed by atoms with Crippen LogP contribution in [0.4, 0.5) is 15.8 Å². The lowest BCUT2D eigenvalue weighted by atomic mass is 10.0. The number of nitrogens with zero attached hydrogens (tertiary/aromatic N) is 2. The Morgan fingerprint density at radius 3 is 2.42 bits per heavy atom. The SMILES string of the molecule is O=S(=O)(Nc1cccc(N2CCC(NCc3ccncc3)CC2)c1)c1ccc(F)cc1. The van der Waals surface area contributed by atoms with Crippen LogP contribution in [0.15, 0.2) is 78.0 Å². The number of benzene rings is 2. The number of sulfonamides is 1. The molecule has 1 aliphatic rings. The molecule has 0 unspecified atom stereocenters. The van der Waals surface area contributed by atoms with E-state index >= 15 is 0 Å². The normalized spacial score (nSPS) is 15.1. The molecule has 2 aromatic carbocycles. The van der Waals surface area contributed by atoms with Crippen LogP contribution in [0, 0.1) is 5.82 Å². The highest BCUT2D eigenvalue weighted by Gasteiger charge is 2.20. The van der Waals surface area contributed by atoms with E-state index in [2.05, 4.69) is 19.9 Å². The Morgan fingerprint density at radius 2 is 1.71 bits per heavy atom. The number of piperidine rings is 1. The molecule has 2 heterocycles. The average Bonchev–Trinajstić information content (AvgIpc) is 2.79. The van der Waals surface area contributed by atoms with E-state index in [1.165, 1.54) is 17.7 Å². The van der Waals surface area contributed by atoms with Gasteiger partial charge in [-0.1, -0.05) is 6.07 Å². The summed E-state index contributed by atoms with van der Waals surface area (Å²) in [6.07, 6.45) is 5.63. The van der Waals surface area contributed by atoms with Crippen LogP contribution in [0.25, 0.3) is 0 Å². The summed E-state index contributed by atoms with van der Waals surface area (Å²) in [5.74, 6) is -0.473. The second-order valence-corrected chi connectivity index (χ2v) is 9.29. The fraction of sp³-hybridized carbons (Fsp3) is 0.261. The molecule has 6 nitrogen and oxygen atoms in total. The van der Waals surface area contributed by atoms with Crippen LogP contribution >= 0.6 is 0 Å². The van der Waals surface area contributed by atoms with Crippen LogP contribution in [0.5, 0.6) is 0 Å². The average molecular weight is 441 g/mol. The predicted octanol–water partition coefficient (Wildman–Crippen LogP) is 3.78. The molecule has 0 amide bonds. The molecule has 2 N–H and O–H groups in total. The van der Waals surface area contributed by atoms with Gasteiger partial charge in [-0.05, 0) is 73.0 Å². The first-order valence-corrected chi connectivity index (χ1v) is 11.7. The smallest absolute Gasteiger partial charge is 0.261 e. The van der Waals surface area contributed by atoms with Crippen molar-refractivity contribution in [3.05, 3.63) is 84.4 Å².